The Balaban J connectivity index is 2.93. The molecule has 1 aliphatic rings. The highest BCUT2D eigenvalue weighted by Gasteiger charge is 2.44. The fraction of sp³-hybridized carbons (Fsp3) is 0.750. The molecule has 0 aliphatic carbocycles. The third kappa shape index (κ3) is 3.84. The molecular weight excluding hydrogens is 254 g/mol. The Hall–Kier alpha value is -1.79. The van der Waals surface area contributed by atoms with E-state index in [-0.39, 0.29) is 13.0 Å². The number of ether oxygens (including phenoxy) is 1. The van der Waals surface area contributed by atoms with Gasteiger partial charge in [-0.1, -0.05) is 0 Å². The van der Waals surface area contributed by atoms with Gasteiger partial charge in [-0.15, -0.1) is 0 Å². The number of carboxylic acid groups (broad SMARTS) is 2. The molecule has 1 heterocycles. The summed E-state index contributed by atoms with van der Waals surface area (Å²) in [5, 5.41) is 18.2. The summed E-state index contributed by atoms with van der Waals surface area (Å²) in [5.74, 6) is -3.63. The van der Waals surface area contributed by atoms with E-state index in [1.807, 2.05) is 0 Å². The molecule has 108 valence electrons. The van der Waals surface area contributed by atoms with Crippen molar-refractivity contribution in [2.24, 2.45) is 5.92 Å². The second-order valence-electron chi connectivity index (χ2n) is 5.54. The van der Waals surface area contributed by atoms with Crippen LogP contribution in [0, 0.1) is 5.92 Å². The van der Waals surface area contributed by atoms with Crippen LogP contribution in [-0.4, -0.2) is 51.3 Å². The number of nitrogens with zero attached hydrogens (tertiary/aromatic N) is 1. The number of carbonyl (C=O) groups excluding carboxylic acids is 1. The molecule has 1 rings (SSSR count). The molecule has 0 spiro atoms. The minimum Gasteiger partial charge on any atom is -0.481 e. The predicted octanol–water partition coefficient (Wildman–Crippen LogP) is 1.17. The molecule has 2 N–H and O–H groups in total. The van der Waals surface area contributed by atoms with Crippen molar-refractivity contribution in [1.82, 2.24) is 4.90 Å². The maximum atomic E-state index is 11.9. The molecule has 1 saturated heterocycles. The second-order valence-corrected chi connectivity index (χ2v) is 5.54. The summed E-state index contributed by atoms with van der Waals surface area (Å²) >= 11 is 0. The number of carboxylic acids is 2. The summed E-state index contributed by atoms with van der Waals surface area (Å²) in [4.78, 5) is 35.3. The summed E-state index contributed by atoms with van der Waals surface area (Å²) in [6.07, 6.45) is -0.100. The van der Waals surface area contributed by atoms with Crippen LogP contribution in [0.2, 0.25) is 0 Å². The first-order valence-electron chi connectivity index (χ1n) is 6.08. The minimum atomic E-state index is -1.37. The van der Waals surface area contributed by atoms with Crippen molar-refractivity contribution in [1.29, 1.82) is 0 Å². The second kappa shape index (κ2) is 5.46. The summed E-state index contributed by atoms with van der Waals surface area (Å²) < 4.78 is 5.12. The summed E-state index contributed by atoms with van der Waals surface area (Å²) in [7, 11) is 0. The number of piperidine rings is 1. The molecule has 19 heavy (non-hydrogen) atoms. The molecule has 0 aromatic rings. The lowest BCUT2D eigenvalue weighted by Crippen LogP contribution is -2.55. The van der Waals surface area contributed by atoms with Gasteiger partial charge in [0.1, 0.15) is 11.6 Å². The SMILES string of the molecule is CC(C)(C)OC(=O)N1CCC[C@@H](C(=O)O)[C@@H]1C(=O)O. The van der Waals surface area contributed by atoms with Crippen molar-refractivity contribution in [2.75, 3.05) is 6.54 Å². The van der Waals surface area contributed by atoms with Gasteiger partial charge in [-0.2, -0.15) is 0 Å². The Morgan fingerprint density at radius 3 is 2.16 bits per heavy atom. The van der Waals surface area contributed by atoms with Crippen molar-refractivity contribution in [3.05, 3.63) is 0 Å². The van der Waals surface area contributed by atoms with Crippen molar-refractivity contribution < 1.29 is 29.3 Å². The van der Waals surface area contributed by atoms with Gasteiger partial charge in [0.25, 0.3) is 0 Å². The van der Waals surface area contributed by atoms with Gasteiger partial charge in [0, 0.05) is 6.54 Å². The maximum absolute atomic E-state index is 11.9. The Kier molecular flexibility index (Phi) is 4.39. The molecule has 0 saturated carbocycles. The van der Waals surface area contributed by atoms with Crippen LogP contribution in [0.4, 0.5) is 4.79 Å². The van der Waals surface area contributed by atoms with Crippen LogP contribution >= 0.6 is 0 Å². The van der Waals surface area contributed by atoms with E-state index in [1.54, 1.807) is 20.8 Å². The quantitative estimate of drug-likeness (QED) is 0.782. The van der Waals surface area contributed by atoms with E-state index in [1.165, 1.54) is 0 Å². The lowest BCUT2D eigenvalue weighted by molar-refractivity contribution is -0.157. The van der Waals surface area contributed by atoms with Gasteiger partial charge in [-0.3, -0.25) is 9.69 Å². The number of aliphatic carboxylic acids is 2. The normalized spacial score (nSPS) is 23.8. The van der Waals surface area contributed by atoms with E-state index in [9.17, 15) is 14.4 Å². The molecule has 2 atom stereocenters. The Labute approximate surface area is 111 Å². The molecule has 7 heteroatoms. The Bertz CT molecular complexity index is 386. The lowest BCUT2D eigenvalue weighted by atomic mass is 9.89. The highest BCUT2D eigenvalue weighted by molar-refractivity contribution is 5.86. The molecule has 0 aromatic carbocycles. The van der Waals surface area contributed by atoms with Crippen LogP contribution in [0.1, 0.15) is 33.6 Å². The largest absolute Gasteiger partial charge is 0.481 e. The number of hydrogen-bond donors (Lipinski definition) is 2. The number of carbonyl (C=O) groups is 3. The van der Waals surface area contributed by atoms with Crippen LogP contribution in [0.5, 0.6) is 0 Å². The standard InChI is InChI=1S/C12H19NO6/c1-12(2,3)19-11(18)13-6-4-5-7(9(14)15)8(13)10(16)17/h7-8H,4-6H2,1-3H3,(H,14,15)(H,16,17)/t7-,8-/m1/s1. The van der Waals surface area contributed by atoms with Gasteiger partial charge in [-0.25, -0.2) is 9.59 Å². The van der Waals surface area contributed by atoms with Gasteiger partial charge in [0.2, 0.25) is 0 Å². The topological polar surface area (TPSA) is 104 Å². The van der Waals surface area contributed by atoms with E-state index in [2.05, 4.69) is 0 Å². The zero-order valence-electron chi connectivity index (χ0n) is 11.3. The monoisotopic (exact) mass is 273 g/mol. The van der Waals surface area contributed by atoms with E-state index in [4.69, 9.17) is 14.9 Å². The van der Waals surface area contributed by atoms with Crippen LogP contribution in [0.3, 0.4) is 0 Å². The van der Waals surface area contributed by atoms with E-state index >= 15 is 0 Å². The van der Waals surface area contributed by atoms with E-state index < -0.39 is 35.6 Å². The Morgan fingerprint density at radius 2 is 1.74 bits per heavy atom. The predicted molar refractivity (Wildman–Crippen MR) is 64.7 cm³/mol. The minimum absolute atomic E-state index is 0.190. The molecule has 0 bridgehead atoms. The van der Waals surface area contributed by atoms with Crippen LogP contribution in [0.15, 0.2) is 0 Å². The first-order chi connectivity index (χ1) is 8.63. The number of rotatable bonds is 2. The third-order valence-electron chi connectivity index (χ3n) is 2.83. The number of hydrogen-bond acceptors (Lipinski definition) is 4. The third-order valence-corrected chi connectivity index (χ3v) is 2.83. The molecule has 0 radical (unpaired) electrons. The van der Waals surface area contributed by atoms with Crippen LogP contribution in [-0.2, 0) is 14.3 Å². The van der Waals surface area contributed by atoms with Gasteiger partial charge in [0.05, 0.1) is 5.92 Å². The van der Waals surface area contributed by atoms with Crippen molar-refractivity contribution >= 4 is 18.0 Å². The fourth-order valence-corrected chi connectivity index (χ4v) is 2.09. The zero-order valence-corrected chi connectivity index (χ0v) is 11.3. The maximum Gasteiger partial charge on any atom is 0.411 e. The highest BCUT2D eigenvalue weighted by Crippen LogP contribution is 2.26. The molecule has 1 fully saturated rings. The van der Waals surface area contributed by atoms with Crippen molar-refractivity contribution in [3.63, 3.8) is 0 Å². The smallest absolute Gasteiger partial charge is 0.411 e. The fourth-order valence-electron chi connectivity index (χ4n) is 2.09. The summed E-state index contributed by atoms with van der Waals surface area (Å²) in [5.41, 5.74) is -0.754. The van der Waals surface area contributed by atoms with Crippen LogP contribution < -0.4 is 0 Å². The molecule has 1 aliphatic heterocycles. The average Bonchev–Trinajstić information content (AvgIpc) is 2.25. The van der Waals surface area contributed by atoms with E-state index in [0.717, 1.165) is 4.90 Å². The molecule has 0 unspecified atom stereocenters. The average molecular weight is 273 g/mol. The molecule has 7 nitrogen and oxygen atoms in total. The number of amides is 1. The summed E-state index contributed by atoms with van der Waals surface area (Å²) in [6.45, 7) is 5.19. The first kappa shape index (κ1) is 15.3. The van der Waals surface area contributed by atoms with Gasteiger partial charge >= 0.3 is 18.0 Å². The van der Waals surface area contributed by atoms with E-state index in [0.29, 0.717) is 6.42 Å². The van der Waals surface area contributed by atoms with Gasteiger partial charge in [0.15, 0.2) is 0 Å². The first-order valence-corrected chi connectivity index (χ1v) is 6.08. The Morgan fingerprint density at radius 1 is 1.16 bits per heavy atom. The van der Waals surface area contributed by atoms with Crippen LogP contribution in [0.25, 0.3) is 0 Å². The molecular formula is C12H19NO6. The molecule has 0 aromatic heterocycles. The van der Waals surface area contributed by atoms with Crippen molar-refractivity contribution in [3.8, 4) is 0 Å². The summed E-state index contributed by atoms with van der Waals surface area (Å²) in [6, 6.07) is -1.37. The zero-order chi connectivity index (χ0) is 14.8. The van der Waals surface area contributed by atoms with Crippen molar-refractivity contribution in [2.45, 2.75) is 45.3 Å². The number of likely N-dealkylation sites (tertiary alicyclic amines) is 1. The van der Waals surface area contributed by atoms with Gasteiger partial charge in [-0.05, 0) is 33.6 Å². The lowest BCUT2D eigenvalue weighted by Gasteiger charge is -2.37. The highest BCUT2D eigenvalue weighted by atomic mass is 16.6. The molecule has 1 amide bonds. The van der Waals surface area contributed by atoms with Gasteiger partial charge < -0.3 is 14.9 Å².